The quantitative estimate of drug-likeness (QED) is 0.700. The number of aliphatic hydroxyl groups excluding tert-OH is 1. The Kier molecular flexibility index (Phi) is 6.50. The molecule has 1 aromatic rings. The summed E-state index contributed by atoms with van der Waals surface area (Å²) in [7, 11) is 0. The van der Waals surface area contributed by atoms with E-state index in [0.29, 0.717) is 13.1 Å². The molecule has 1 aliphatic rings. The molecule has 20 heavy (non-hydrogen) atoms. The molecule has 1 aliphatic heterocycles. The molecule has 0 spiro atoms. The number of piperidine rings is 1. The molecule has 0 bridgehead atoms. The first-order valence-electron chi connectivity index (χ1n) is 7.86. The van der Waals surface area contributed by atoms with Crippen LogP contribution in [0.1, 0.15) is 32.6 Å². The summed E-state index contributed by atoms with van der Waals surface area (Å²) in [5.41, 5.74) is 0. The molecule has 2 atom stereocenters. The molecule has 5 nitrogen and oxygen atoms in total. The lowest BCUT2D eigenvalue weighted by Crippen LogP contribution is -2.39. The van der Waals surface area contributed by atoms with Crippen LogP contribution in [-0.4, -0.2) is 58.1 Å². The van der Waals surface area contributed by atoms with E-state index < -0.39 is 0 Å². The van der Waals surface area contributed by atoms with Crippen LogP contribution in [-0.2, 0) is 6.54 Å². The third kappa shape index (κ3) is 5.23. The monoisotopic (exact) mass is 280 g/mol. The maximum absolute atomic E-state index is 9.88. The number of aliphatic hydroxyl groups is 1. The smallest absolute Gasteiger partial charge is 0.0860 e. The minimum absolute atomic E-state index is 0.371. The zero-order chi connectivity index (χ0) is 14.2. The molecule has 0 saturated carbocycles. The van der Waals surface area contributed by atoms with Gasteiger partial charge in [0.15, 0.2) is 0 Å². The highest BCUT2D eigenvalue weighted by Crippen LogP contribution is 2.15. The topological polar surface area (TPSA) is 53.3 Å². The first-order valence-corrected chi connectivity index (χ1v) is 7.86. The number of rotatable bonds is 8. The Morgan fingerprint density at radius 3 is 3.10 bits per heavy atom. The van der Waals surface area contributed by atoms with Gasteiger partial charge >= 0.3 is 0 Å². The average molecular weight is 280 g/mol. The van der Waals surface area contributed by atoms with Gasteiger partial charge in [-0.3, -0.25) is 4.68 Å². The van der Waals surface area contributed by atoms with Crippen LogP contribution in [0.3, 0.4) is 0 Å². The van der Waals surface area contributed by atoms with Gasteiger partial charge in [0.05, 0.1) is 12.6 Å². The van der Waals surface area contributed by atoms with E-state index in [9.17, 15) is 5.11 Å². The van der Waals surface area contributed by atoms with E-state index in [2.05, 4.69) is 22.2 Å². The van der Waals surface area contributed by atoms with Gasteiger partial charge in [-0.1, -0.05) is 6.42 Å². The van der Waals surface area contributed by atoms with Crippen molar-refractivity contribution >= 4 is 0 Å². The van der Waals surface area contributed by atoms with Gasteiger partial charge in [-0.05, 0) is 51.9 Å². The van der Waals surface area contributed by atoms with Crippen molar-refractivity contribution in [3.8, 4) is 0 Å². The molecule has 2 unspecified atom stereocenters. The van der Waals surface area contributed by atoms with Crippen LogP contribution in [0.15, 0.2) is 18.5 Å². The highest BCUT2D eigenvalue weighted by atomic mass is 16.3. The predicted octanol–water partition coefficient (Wildman–Crippen LogP) is 1.10. The molecular weight excluding hydrogens is 252 g/mol. The van der Waals surface area contributed by atoms with E-state index in [0.717, 1.165) is 19.0 Å². The van der Waals surface area contributed by atoms with Gasteiger partial charge < -0.3 is 15.3 Å². The fraction of sp³-hybridized carbons (Fsp3) is 0.800. The maximum atomic E-state index is 9.88. The van der Waals surface area contributed by atoms with Gasteiger partial charge in [0.1, 0.15) is 0 Å². The fourth-order valence-corrected chi connectivity index (χ4v) is 2.85. The number of aromatic nitrogens is 2. The van der Waals surface area contributed by atoms with Crippen LogP contribution >= 0.6 is 0 Å². The predicted molar refractivity (Wildman–Crippen MR) is 80.6 cm³/mol. The number of nitrogens with one attached hydrogen (secondary N) is 1. The third-order valence-electron chi connectivity index (χ3n) is 4.08. The Hall–Kier alpha value is -0.910. The minimum atomic E-state index is -0.371. The van der Waals surface area contributed by atoms with Crippen molar-refractivity contribution in [3.05, 3.63) is 18.5 Å². The van der Waals surface area contributed by atoms with E-state index in [4.69, 9.17) is 0 Å². The largest absolute Gasteiger partial charge is 0.390 e. The molecule has 114 valence electrons. The standard InChI is InChI=1S/C15H28N4O/c1-14-6-2-3-9-18(14)10-4-7-16-12-15(20)13-19-11-5-8-17-19/h5,8,11,14-16,20H,2-4,6-7,9-10,12-13H2,1H3. The minimum Gasteiger partial charge on any atom is -0.390 e. The van der Waals surface area contributed by atoms with Gasteiger partial charge in [-0.15, -0.1) is 0 Å². The highest BCUT2D eigenvalue weighted by molar-refractivity contribution is 4.79. The summed E-state index contributed by atoms with van der Waals surface area (Å²) < 4.78 is 1.77. The van der Waals surface area contributed by atoms with Crippen LogP contribution in [0.5, 0.6) is 0 Å². The number of likely N-dealkylation sites (tertiary alicyclic amines) is 1. The van der Waals surface area contributed by atoms with E-state index in [1.54, 1.807) is 10.9 Å². The van der Waals surface area contributed by atoms with Gasteiger partial charge in [-0.2, -0.15) is 5.10 Å². The number of nitrogens with zero attached hydrogens (tertiary/aromatic N) is 3. The first kappa shape index (κ1) is 15.5. The molecule has 2 heterocycles. The van der Waals surface area contributed by atoms with Crippen LogP contribution in [0.2, 0.25) is 0 Å². The van der Waals surface area contributed by atoms with Crippen molar-refractivity contribution in [2.75, 3.05) is 26.2 Å². The summed E-state index contributed by atoms with van der Waals surface area (Å²) in [5.74, 6) is 0. The first-order chi connectivity index (χ1) is 9.75. The number of hydrogen-bond donors (Lipinski definition) is 2. The second-order valence-corrected chi connectivity index (χ2v) is 5.82. The van der Waals surface area contributed by atoms with Crippen molar-refractivity contribution in [1.82, 2.24) is 20.0 Å². The van der Waals surface area contributed by atoms with Crippen LogP contribution < -0.4 is 5.32 Å². The lowest BCUT2D eigenvalue weighted by Gasteiger charge is -2.33. The molecule has 2 N–H and O–H groups in total. The summed E-state index contributed by atoms with van der Waals surface area (Å²) >= 11 is 0. The summed E-state index contributed by atoms with van der Waals surface area (Å²) in [4.78, 5) is 2.59. The van der Waals surface area contributed by atoms with E-state index >= 15 is 0 Å². The van der Waals surface area contributed by atoms with Gasteiger partial charge in [0, 0.05) is 25.0 Å². The second kappa shape index (κ2) is 8.39. The average Bonchev–Trinajstić information content (AvgIpc) is 2.93. The van der Waals surface area contributed by atoms with Crippen molar-refractivity contribution < 1.29 is 5.11 Å². The Morgan fingerprint density at radius 2 is 2.35 bits per heavy atom. The van der Waals surface area contributed by atoms with Crippen LogP contribution in [0, 0.1) is 0 Å². The molecule has 1 saturated heterocycles. The van der Waals surface area contributed by atoms with Gasteiger partial charge in [0.2, 0.25) is 0 Å². The summed E-state index contributed by atoms with van der Waals surface area (Å²) in [5, 5.41) is 17.3. The molecule has 0 amide bonds. The molecule has 2 rings (SSSR count). The Balaban J connectivity index is 1.50. The Bertz CT molecular complexity index is 355. The summed E-state index contributed by atoms with van der Waals surface area (Å²) in [6.45, 7) is 6.92. The number of hydrogen-bond acceptors (Lipinski definition) is 4. The molecular formula is C15H28N4O. The van der Waals surface area contributed by atoms with E-state index in [-0.39, 0.29) is 6.10 Å². The van der Waals surface area contributed by atoms with Crippen LogP contribution in [0.4, 0.5) is 0 Å². The van der Waals surface area contributed by atoms with Crippen molar-refractivity contribution in [3.63, 3.8) is 0 Å². The summed E-state index contributed by atoms with van der Waals surface area (Å²) in [6, 6.07) is 2.62. The van der Waals surface area contributed by atoms with Crippen molar-refractivity contribution in [2.24, 2.45) is 0 Å². The van der Waals surface area contributed by atoms with E-state index in [1.165, 1.54) is 32.4 Å². The normalized spacial score (nSPS) is 22.0. The lowest BCUT2D eigenvalue weighted by atomic mass is 10.0. The van der Waals surface area contributed by atoms with Gasteiger partial charge in [-0.25, -0.2) is 0 Å². The van der Waals surface area contributed by atoms with E-state index in [1.807, 2.05) is 12.3 Å². The highest BCUT2D eigenvalue weighted by Gasteiger charge is 2.17. The summed E-state index contributed by atoms with van der Waals surface area (Å²) in [6.07, 6.45) is 8.47. The van der Waals surface area contributed by atoms with Crippen LogP contribution in [0.25, 0.3) is 0 Å². The third-order valence-corrected chi connectivity index (χ3v) is 4.08. The lowest BCUT2D eigenvalue weighted by molar-refractivity contribution is 0.142. The molecule has 1 fully saturated rings. The molecule has 1 aromatic heterocycles. The molecule has 0 aliphatic carbocycles. The van der Waals surface area contributed by atoms with Gasteiger partial charge in [0.25, 0.3) is 0 Å². The molecule has 0 aromatic carbocycles. The zero-order valence-corrected chi connectivity index (χ0v) is 12.5. The molecule has 0 radical (unpaired) electrons. The Morgan fingerprint density at radius 1 is 1.45 bits per heavy atom. The maximum Gasteiger partial charge on any atom is 0.0860 e. The second-order valence-electron chi connectivity index (χ2n) is 5.82. The Labute approximate surface area is 122 Å². The SMILES string of the molecule is CC1CCCCN1CCCNCC(O)Cn1cccn1. The van der Waals surface area contributed by atoms with Crippen molar-refractivity contribution in [1.29, 1.82) is 0 Å². The van der Waals surface area contributed by atoms with Crippen molar-refractivity contribution in [2.45, 2.75) is 51.3 Å². The fourth-order valence-electron chi connectivity index (χ4n) is 2.85. The zero-order valence-electron chi connectivity index (χ0n) is 12.5. The molecule has 5 heteroatoms.